The number of nitrogens with one attached hydrogen (secondary N) is 2. The first-order chi connectivity index (χ1) is 15.5. The number of aromatic nitrogens is 1. The average Bonchev–Trinajstić information content (AvgIpc) is 3.23. The predicted molar refractivity (Wildman–Crippen MR) is 113 cm³/mol. The molecule has 0 bridgehead atoms. The van der Waals surface area contributed by atoms with Crippen molar-refractivity contribution >= 4 is 34.5 Å². The summed E-state index contributed by atoms with van der Waals surface area (Å²) >= 11 is 0. The molecule has 4 rings (SSSR count). The monoisotopic (exact) mass is 433 g/mol. The van der Waals surface area contributed by atoms with Crippen molar-refractivity contribution in [3.05, 3.63) is 84.2 Å². The van der Waals surface area contributed by atoms with Gasteiger partial charge in [0.25, 0.3) is 5.91 Å². The fourth-order valence-electron chi connectivity index (χ4n) is 2.96. The number of amides is 3. The second-order valence-electron chi connectivity index (χ2n) is 6.67. The molecule has 0 aliphatic rings. The van der Waals surface area contributed by atoms with E-state index in [1.807, 2.05) is 35.6 Å². The van der Waals surface area contributed by atoms with Crippen LogP contribution in [0.3, 0.4) is 0 Å². The molecule has 0 aliphatic heterocycles. The van der Waals surface area contributed by atoms with Gasteiger partial charge in [0.2, 0.25) is 0 Å². The molecule has 160 valence electrons. The zero-order valence-electron chi connectivity index (χ0n) is 16.5. The highest BCUT2D eigenvalue weighted by molar-refractivity contribution is 6.03. The SMILES string of the molecule is O=C(COC(=O)c1ccc2noc(-c3ccccc3)c2c1)NC(=O)Nc1ccccc1F. The number of hydrogen-bond acceptors (Lipinski definition) is 6. The lowest BCUT2D eigenvalue weighted by Gasteiger charge is -2.08. The number of fused-ring (bicyclic) bond motifs is 1. The van der Waals surface area contributed by atoms with Crippen LogP contribution in [-0.4, -0.2) is 29.7 Å². The Morgan fingerprint density at radius 2 is 1.72 bits per heavy atom. The molecular weight excluding hydrogens is 417 g/mol. The van der Waals surface area contributed by atoms with Gasteiger partial charge in [0, 0.05) is 5.56 Å². The number of ether oxygens (including phenoxy) is 1. The van der Waals surface area contributed by atoms with Crippen molar-refractivity contribution in [3.63, 3.8) is 0 Å². The largest absolute Gasteiger partial charge is 0.452 e. The summed E-state index contributed by atoms with van der Waals surface area (Å²) in [5, 5.41) is 8.75. The van der Waals surface area contributed by atoms with Crippen molar-refractivity contribution < 1.29 is 28.0 Å². The Morgan fingerprint density at radius 1 is 0.969 bits per heavy atom. The van der Waals surface area contributed by atoms with Crippen molar-refractivity contribution in [1.29, 1.82) is 0 Å². The Balaban J connectivity index is 1.38. The maximum absolute atomic E-state index is 13.5. The van der Waals surface area contributed by atoms with Gasteiger partial charge in [0.1, 0.15) is 11.3 Å². The molecule has 3 aromatic carbocycles. The third-order valence-electron chi connectivity index (χ3n) is 4.46. The van der Waals surface area contributed by atoms with Crippen LogP contribution in [0.25, 0.3) is 22.2 Å². The van der Waals surface area contributed by atoms with E-state index in [0.717, 1.165) is 11.6 Å². The van der Waals surface area contributed by atoms with Gasteiger partial charge in [0.05, 0.1) is 16.6 Å². The molecule has 0 spiro atoms. The van der Waals surface area contributed by atoms with Crippen LogP contribution in [0.15, 0.2) is 77.3 Å². The number of halogens is 1. The summed E-state index contributed by atoms with van der Waals surface area (Å²) in [4.78, 5) is 36.1. The van der Waals surface area contributed by atoms with Gasteiger partial charge in [0.15, 0.2) is 12.4 Å². The number of hydrogen-bond donors (Lipinski definition) is 2. The van der Waals surface area contributed by atoms with Gasteiger partial charge in [-0.15, -0.1) is 0 Å². The van der Waals surface area contributed by atoms with Crippen molar-refractivity contribution in [3.8, 4) is 11.3 Å². The van der Waals surface area contributed by atoms with Gasteiger partial charge in [-0.05, 0) is 30.3 Å². The molecule has 0 fully saturated rings. The van der Waals surface area contributed by atoms with Gasteiger partial charge in [-0.3, -0.25) is 10.1 Å². The fourth-order valence-corrected chi connectivity index (χ4v) is 2.96. The highest BCUT2D eigenvalue weighted by Gasteiger charge is 2.17. The molecule has 3 amide bonds. The number of esters is 1. The number of para-hydroxylation sites is 1. The summed E-state index contributed by atoms with van der Waals surface area (Å²) in [6.45, 7) is -0.698. The number of nitrogens with zero attached hydrogens (tertiary/aromatic N) is 1. The summed E-state index contributed by atoms with van der Waals surface area (Å²) in [6.07, 6.45) is 0. The van der Waals surface area contributed by atoms with Gasteiger partial charge >= 0.3 is 12.0 Å². The molecule has 1 aromatic heterocycles. The van der Waals surface area contributed by atoms with Crippen LogP contribution in [-0.2, 0) is 9.53 Å². The molecule has 0 aliphatic carbocycles. The zero-order valence-corrected chi connectivity index (χ0v) is 16.5. The molecule has 0 atom stereocenters. The van der Waals surface area contributed by atoms with Crippen molar-refractivity contribution in [2.75, 3.05) is 11.9 Å². The van der Waals surface area contributed by atoms with E-state index in [1.165, 1.54) is 24.3 Å². The number of anilines is 1. The molecule has 32 heavy (non-hydrogen) atoms. The van der Waals surface area contributed by atoms with Crippen LogP contribution < -0.4 is 10.6 Å². The minimum Gasteiger partial charge on any atom is -0.452 e. The second-order valence-corrected chi connectivity index (χ2v) is 6.67. The standard InChI is InChI=1S/C23H16FN3O5/c24-17-8-4-5-9-19(17)25-23(30)26-20(28)13-31-22(29)15-10-11-18-16(12-15)21(32-27-18)14-6-2-1-3-7-14/h1-12H,13H2,(H2,25,26,28,30). The van der Waals surface area contributed by atoms with Crippen LogP contribution in [0.5, 0.6) is 0 Å². The number of urea groups is 1. The Kier molecular flexibility index (Phi) is 5.89. The van der Waals surface area contributed by atoms with Gasteiger partial charge in [-0.1, -0.05) is 47.6 Å². The van der Waals surface area contributed by atoms with E-state index < -0.39 is 30.3 Å². The smallest absolute Gasteiger partial charge is 0.338 e. The molecule has 9 heteroatoms. The summed E-state index contributed by atoms with van der Waals surface area (Å²) < 4.78 is 23.9. The first-order valence-electron chi connectivity index (χ1n) is 9.48. The molecule has 1 heterocycles. The van der Waals surface area contributed by atoms with Crippen molar-refractivity contribution in [1.82, 2.24) is 10.5 Å². The Morgan fingerprint density at radius 3 is 2.50 bits per heavy atom. The van der Waals surface area contributed by atoms with E-state index >= 15 is 0 Å². The lowest BCUT2D eigenvalue weighted by atomic mass is 10.1. The van der Waals surface area contributed by atoms with Gasteiger partial charge < -0.3 is 14.6 Å². The summed E-state index contributed by atoms with van der Waals surface area (Å²) in [5.74, 6) is -1.79. The predicted octanol–water partition coefficient (Wildman–Crippen LogP) is 4.14. The first kappa shape index (κ1) is 20.7. The first-order valence-corrected chi connectivity index (χ1v) is 9.48. The number of rotatable bonds is 5. The van der Waals surface area contributed by atoms with Crippen molar-refractivity contribution in [2.24, 2.45) is 0 Å². The maximum Gasteiger partial charge on any atom is 0.338 e. The molecule has 2 N–H and O–H groups in total. The second kappa shape index (κ2) is 9.09. The molecule has 0 saturated heterocycles. The van der Waals surface area contributed by atoms with E-state index in [2.05, 4.69) is 10.5 Å². The number of benzene rings is 3. The fraction of sp³-hybridized carbons (Fsp3) is 0.0435. The number of carbonyl (C=O) groups is 3. The maximum atomic E-state index is 13.5. The van der Waals surface area contributed by atoms with Crippen LogP contribution in [0.2, 0.25) is 0 Å². The molecule has 4 aromatic rings. The van der Waals surface area contributed by atoms with Crippen LogP contribution in [0.1, 0.15) is 10.4 Å². The third kappa shape index (κ3) is 4.62. The third-order valence-corrected chi connectivity index (χ3v) is 4.46. The molecule has 0 radical (unpaired) electrons. The molecule has 8 nitrogen and oxygen atoms in total. The van der Waals surface area contributed by atoms with E-state index in [4.69, 9.17) is 9.26 Å². The highest BCUT2D eigenvalue weighted by atomic mass is 19.1. The quantitative estimate of drug-likeness (QED) is 0.458. The topological polar surface area (TPSA) is 111 Å². The Hall–Kier alpha value is -4.53. The minimum atomic E-state index is -0.949. The molecule has 0 saturated carbocycles. The van der Waals surface area contributed by atoms with Gasteiger partial charge in [-0.2, -0.15) is 0 Å². The highest BCUT2D eigenvalue weighted by Crippen LogP contribution is 2.29. The Bertz CT molecular complexity index is 1300. The summed E-state index contributed by atoms with van der Waals surface area (Å²) in [5.41, 5.74) is 1.44. The average molecular weight is 433 g/mol. The Labute approximate surface area is 181 Å². The lowest BCUT2D eigenvalue weighted by Crippen LogP contribution is -2.37. The summed E-state index contributed by atoms with van der Waals surface area (Å²) in [6, 6.07) is 18.4. The van der Waals surface area contributed by atoms with Crippen LogP contribution >= 0.6 is 0 Å². The van der Waals surface area contributed by atoms with Crippen LogP contribution in [0.4, 0.5) is 14.9 Å². The summed E-state index contributed by atoms with van der Waals surface area (Å²) in [7, 11) is 0. The van der Waals surface area contributed by atoms with E-state index in [1.54, 1.807) is 12.1 Å². The normalized spacial score (nSPS) is 10.5. The molecule has 0 unspecified atom stereocenters. The van der Waals surface area contributed by atoms with E-state index in [9.17, 15) is 18.8 Å². The zero-order chi connectivity index (χ0) is 22.5. The van der Waals surface area contributed by atoms with Crippen LogP contribution in [0, 0.1) is 5.82 Å². The number of imide groups is 1. The van der Waals surface area contributed by atoms with E-state index in [-0.39, 0.29) is 11.3 Å². The van der Waals surface area contributed by atoms with Gasteiger partial charge in [-0.25, -0.2) is 14.0 Å². The number of carbonyl (C=O) groups excluding carboxylic acids is 3. The van der Waals surface area contributed by atoms with Crippen molar-refractivity contribution in [2.45, 2.75) is 0 Å². The van der Waals surface area contributed by atoms with E-state index in [0.29, 0.717) is 16.7 Å². The minimum absolute atomic E-state index is 0.0916. The lowest BCUT2D eigenvalue weighted by molar-refractivity contribution is -0.123. The molecular formula is C23H16FN3O5.